The lowest BCUT2D eigenvalue weighted by Gasteiger charge is -2.15. The average Bonchev–Trinajstić information content (AvgIpc) is 3.20. The van der Waals surface area contributed by atoms with Gasteiger partial charge in [-0.25, -0.2) is 0 Å². The van der Waals surface area contributed by atoms with Crippen molar-refractivity contribution >= 4 is 10.8 Å². The minimum atomic E-state index is 0.871. The molecule has 1 saturated carbocycles. The molecule has 1 fully saturated rings. The fourth-order valence-corrected chi connectivity index (χ4v) is 2.40. The zero-order valence-corrected chi connectivity index (χ0v) is 10.4. The number of hydrogen-bond acceptors (Lipinski definition) is 1. The zero-order valence-electron chi connectivity index (χ0n) is 10.4. The van der Waals surface area contributed by atoms with E-state index in [1.807, 2.05) is 0 Å². The van der Waals surface area contributed by atoms with E-state index in [4.69, 9.17) is 0 Å². The lowest BCUT2D eigenvalue weighted by atomic mass is 10.1. The summed E-state index contributed by atoms with van der Waals surface area (Å²) in [7, 11) is 2.25. The largest absolute Gasteiger partial charge is 0.303 e. The second kappa shape index (κ2) is 4.50. The van der Waals surface area contributed by atoms with E-state index < -0.39 is 0 Å². The number of nitrogens with zero attached hydrogens (tertiary/aromatic N) is 1. The van der Waals surface area contributed by atoms with Crippen LogP contribution in [-0.2, 0) is 6.42 Å². The maximum atomic E-state index is 2.50. The standard InChI is InChI=1S/C16H19N/c1-17(16-8-9-16)11-10-13-6-7-14-4-2-3-5-15(14)12-13/h2-7,12,16H,8-11H2,1H3. The van der Waals surface area contributed by atoms with Gasteiger partial charge in [0.25, 0.3) is 0 Å². The third-order valence-corrected chi connectivity index (χ3v) is 3.74. The topological polar surface area (TPSA) is 3.24 Å². The van der Waals surface area contributed by atoms with Crippen LogP contribution in [0.4, 0.5) is 0 Å². The first-order valence-electron chi connectivity index (χ1n) is 6.51. The van der Waals surface area contributed by atoms with Crippen LogP contribution in [0.25, 0.3) is 10.8 Å². The van der Waals surface area contributed by atoms with E-state index in [9.17, 15) is 0 Å². The SMILES string of the molecule is CN(CCc1ccc2ccccc2c1)C1CC1. The fraction of sp³-hybridized carbons (Fsp3) is 0.375. The maximum Gasteiger partial charge on any atom is 0.00935 e. The number of rotatable bonds is 4. The Kier molecular flexibility index (Phi) is 2.86. The lowest BCUT2D eigenvalue weighted by Crippen LogP contribution is -2.23. The molecule has 1 aliphatic rings. The van der Waals surface area contributed by atoms with Crippen LogP contribution >= 0.6 is 0 Å². The van der Waals surface area contributed by atoms with E-state index in [2.05, 4.69) is 54.4 Å². The predicted octanol–water partition coefficient (Wildman–Crippen LogP) is 3.48. The summed E-state index contributed by atoms with van der Waals surface area (Å²) < 4.78 is 0. The molecule has 0 aliphatic heterocycles. The minimum Gasteiger partial charge on any atom is -0.303 e. The number of fused-ring (bicyclic) bond motifs is 1. The minimum absolute atomic E-state index is 0.871. The molecule has 0 bridgehead atoms. The predicted molar refractivity (Wildman–Crippen MR) is 73.3 cm³/mol. The Morgan fingerprint density at radius 3 is 2.59 bits per heavy atom. The monoisotopic (exact) mass is 225 g/mol. The van der Waals surface area contributed by atoms with E-state index >= 15 is 0 Å². The fourth-order valence-electron chi connectivity index (χ4n) is 2.40. The third-order valence-electron chi connectivity index (χ3n) is 3.74. The Morgan fingerprint density at radius 2 is 1.82 bits per heavy atom. The van der Waals surface area contributed by atoms with Crippen molar-refractivity contribution in [3.8, 4) is 0 Å². The second-order valence-electron chi connectivity index (χ2n) is 5.14. The summed E-state index contributed by atoms with van der Waals surface area (Å²) in [6, 6.07) is 16.3. The van der Waals surface area contributed by atoms with Crippen molar-refractivity contribution in [1.29, 1.82) is 0 Å². The first kappa shape index (κ1) is 10.8. The van der Waals surface area contributed by atoms with Crippen molar-refractivity contribution in [2.75, 3.05) is 13.6 Å². The molecule has 0 atom stereocenters. The van der Waals surface area contributed by atoms with E-state index in [-0.39, 0.29) is 0 Å². The summed E-state index contributed by atoms with van der Waals surface area (Å²) in [4.78, 5) is 2.50. The van der Waals surface area contributed by atoms with Crippen LogP contribution in [0.15, 0.2) is 42.5 Å². The van der Waals surface area contributed by atoms with Crippen molar-refractivity contribution in [3.05, 3.63) is 48.0 Å². The molecule has 0 radical (unpaired) electrons. The highest BCUT2D eigenvalue weighted by Crippen LogP contribution is 2.25. The molecule has 0 aromatic heterocycles. The maximum absolute atomic E-state index is 2.50. The molecule has 1 aliphatic carbocycles. The Hall–Kier alpha value is -1.34. The molecule has 0 N–H and O–H groups in total. The quantitative estimate of drug-likeness (QED) is 0.770. The highest BCUT2D eigenvalue weighted by molar-refractivity contribution is 5.82. The lowest BCUT2D eigenvalue weighted by molar-refractivity contribution is 0.328. The molecule has 0 unspecified atom stereocenters. The van der Waals surface area contributed by atoms with Gasteiger partial charge in [0.1, 0.15) is 0 Å². The number of hydrogen-bond donors (Lipinski definition) is 0. The van der Waals surface area contributed by atoms with Crippen LogP contribution < -0.4 is 0 Å². The van der Waals surface area contributed by atoms with Crippen LogP contribution in [0.1, 0.15) is 18.4 Å². The van der Waals surface area contributed by atoms with Gasteiger partial charge in [-0.3, -0.25) is 0 Å². The molecule has 1 nitrogen and oxygen atoms in total. The van der Waals surface area contributed by atoms with Crippen molar-refractivity contribution in [2.45, 2.75) is 25.3 Å². The Balaban J connectivity index is 1.71. The Morgan fingerprint density at radius 1 is 1.06 bits per heavy atom. The van der Waals surface area contributed by atoms with Crippen molar-refractivity contribution < 1.29 is 0 Å². The molecule has 0 amide bonds. The highest BCUT2D eigenvalue weighted by atomic mass is 15.1. The summed E-state index contributed by atoms with van der Waals surface area (Å²) >= 11 is 0. The zero-order chi connectivity index (χ0) is 11.7. The van der Waals surface area contributed by atoms with E-state index in [1.165, 1.54) is 35.7 Å². The van der Waals surface area contributed by atoms with Crippen molar-refractivity contribution in [3.63, 3.8) is 0 Å². The van der Waals surface area contributed by atoms with Gasteiger partial charge < -0.3 is 4.90 Å². The molecule has 3 rings (SSSR count). The highest BCUT2D eigenvalue weighted by Gasteiger charge is 2.25. The van der Waals surface area contributed by atoms with Gasteiger partial charge in [0.2, 0.25) is 0 Å². The average molecular weight is 225 g/mol. The van der Waals surface area contributed by atoms with Crippen LogP contribution in [-0.4, -0.2) is 24.5 Å². The molecule has 2 aromatic rings. The van der Waals surface area contributed by atoms with Gasteiger partial charge in [-0.15, -0.1) is 0 Å². The normalized spacial score (nSPS) is 15.6. The van der Waals surface area contributed by atoms with E-state index in [0.717, 1.165) is 12.5 Å². The van der Waals surface area contributed by atoms with Crippen molar-refractivity contribution in [2.24, 2.45) is 0 Å². The smallest absolute Gasteiger partial charge is 0.00935 e. The summed E-state index contributed by atoms with van der Waals surface area (Å²) in [5.41, 5.74) is 1.45. The van der Waals surface area contributed by atoms with E-state index in [1.54, 1.807) is 0 Å². The molecule has 0 saturated heterocycles. The van der Waals surface area contributed by atoms with Crippen molar-refractivity contribution in [1.82, 2.24) is 4.90 Å². The van der Waals surface area contributed by atoms with Crippen LogP contribution in [0.5, 0.6) is 0 Å². The van der Waals surface area contributed by atoms with E-state index in [0.29, 0.717) is 0 Å². The van der Waals surface area contributed by atoms with Crippen LogP contribution in [0.2, 0.25) is 0 Å². The summed E-state index contributed by atoms with van der Waals surface area (Å²) in [6.07, 6.45) is 3.96. The van der Waals surface area contributed by atoms with Gasteiger partial charge in [0.15, 0.2) is 0 Å². The molecule has 1 heteroatoms. The molecule has 0 spiro atoms. The molecule has 88 valence electrons. The molecular weight excluding hydrogens is 206 g/mol. The second-order valence-corrected chi connectivity index (χ2v) is 5.14. The summed E-state index contributed by atoms with van der Waals surface area (Å²) in [6.45, 7) is 1.18. The molecular formula is C16H19N. The summed E-state index contributed by atoms with van der Waals surface area (Å²) in [5, 5.41) is 2.70. The Bertz CT molecular complexity index is 514. The third kappa shape index (κ3) is 2.50. The van der Waals surface area contributed by atoms with Gasteiger partial charge in [0, 0.05) is 12.6 Å². The number of likely N-dealkylation sites (N-methyl/N-ethyl adjacent to an activating group) is 1. The van der Waals surface area contributed by atoms with Gasteiger partial charge in [-0.2, -0.15) is 0 Å². The molecule has 2 aromatic carbocycles. The van der Waals surface area contributed by atoms with Crippen LogP contribution in [0, 0.1) is 0 Å². The summed E-state index contributed by atoms with van der Waals surface area (Å²) in [5.74, 6) is 0. The van der Waals surface area contributed by atoms with Gasteiger partial charge >= 0.3 is 0 Å². The first-order chi connectivity index (χ1) is 8.33. The Labute approximate surface area is 103 Å². The molecule has 17 heavy (non-hydrogen) atoms. The van der Waals surface area contributed by atoms with Gasteiger partial charge in [-0.1, -0.05) is 42.5 Å². The number of benzene rings is 2. The van der Waals surface area contributed by atoms with Crippen LogP contribution in [0.3, 0.4) is 0 Å². The van der Waals surface area contributed by atoms with Gasteiger partial charge in [0.05, 0.1) is 0 Å². The van der Waals surface area contributed by atoms with Gasteiger partial charge in [-0.05, 0) is 42.6 Å². The first-order valence-corrected chi connectivity index (χ1v) is 6.51. The molecule has 0 heterocycles.